The molecule has 1 atom stereocenters. The average Bonchev–Trinajstić information content (AvgIpc) is 2.65. The lowest BCUT2D eigenvalue weighted by Crippen LogP contribution is -2.22. The van der Waals surface area contributed by atoms with Gasteiger partial charge >= 0.3 is 0 Å². The van der Waals surface area contributed by atoms with Gasteiger partial charge < -0.3 is 23.5 Å². The van der Waals surface area contributed by atoms with E-state index in [1.165, 1.54) is 0 Å². The zero-order valence-corrected chi connectivity index (χ0v) is 16.1. The third-order valence-electron chi connectivity index (χ3n) is 3.90. The van der Waals surface area contributed by atoms with Gasteiger partial charge in [-0.3, -0.25) is 0 Å². The molecule has 0 fully saturated rings. The predicted octanol–water partition coefficient (Wildman–Crippen LogP) is 2.46. The molecule has 2 rings (SSSR count). The summed E-state index contributed by atoms with van der Waals surface area (Å²) in [6, 6.07) is 9.51. The van der Waals surface area contributed by atoms with E-state index in [-0.39, 0.29) is 0 Å². The Hall–Kier alpha value is -2.29. The summed E-state index contributed by atoms with van der Waals surface area (Å²) in [4.78, 5) is 0. The van der Waals surface area contributed by atoms with E-state index in [9.17, 15) is 4.55 Å². The minimum Gasteiger partial charge on any atom is -0.574 e. The molecule has 8 heteroatoms. The topological polar surface area (TPSA) is 98.0 Å². The Kier molecular flexibility index (Phi) is 7.26. The summed E-state index contributed by atoms with van der Waals surface area (Å²) in [6.07, 6.45) is 1.52. The fourth-order valence-electron chi connectivity index (χ4n) is 2.67. The number of aryl methyl sites for hydroxylation is 2. The molecule has 0 bridgehead atoms. The Morgan fingerprint density at radius 2 is 1.42 bits per heavy atom. The van der Waals surface area contributed by atoms with Crippen LogP contribution >= 0.6 is 0 Å². The molecular weight excluding hydrogens is 356 g/mol. The molecule has 7 nitrogen and oxygen atoms in total. The van der Waals surface area contributed by atoms with E-state index in [1.54, 1.807) is 28.4 Å². The molecular formula is C18H24N2O5S. The maximum absolute atomic E-state index is 11.3. The second-order valence-electron chi connectivity index (χ2n) is 5.47. The number of nitrogens with two attached hydrogens (primary N) is 1. The lowest BCUT2D eigenvalue weighted by Gasteiger charge is -2.15. The maximum Gasteiger partial charge on any atom is 0.203 e. The van der Waals surface area contributed by atoms with Gasteiger partial charge in [-0.1, -0.05) is 6.07 Å². The van der Waals surface area contributed by atoms with Crippen molar-refractivity contribution in [2.75, 3.05) is 33.2 Å². The van der Waals surface area contributed by atoms with Crippen LogP contribution in [0.3, 0.4) is 0 Å². The summed E-state index contributed by atoms with van der Waals surface area (Å²) in [5.41, 5.74) is 2.69. The van der Waals surface area contributed by atoms with Gasteiger partial charge in [-0.15, -0.1) is 5.14 Å². The van der Waals surface area contributed by atoms with Crippen molar-refractivity contribution in [1.82, 2.24) is 0 Å². The van der Waals surface area contributed by atoms with Crippen molar-refractivity contribution in [3.63, 3.8) is 0 Å². The highest BCUT2D eigenvalue weighted by atomic mass is 32.2. The molecule has 1 unspecified atom stereocenters. The first kappa shape index (κ1) is 20.0. The van der Waals surface area contributed by atoms with E-state index >= 15 is 0 Å². The molecule has 0 aliphatic heterocycles. The fraction of sp³-hybridized carbons (Fsp3) is 0.333. The van der Waals surface area contributed by atoms with Crippen molar-refractivity contribution in [3.8, 4) is 23.0 Å². The van der Waals surface area contributed by atoms with Crippen LogP contribution in [0.1, 0.15) is 11.1 Å². The first-order chi connectivity index (χ1) is 12.5. The largest absolute Gasteiger partial charge is 0.574 e. The summed E-state index contributed by atoms with van der Waals surface area (Å²) < 4.78 is 35.3. The van der Waals surface area contributed by atoms with Crippen molar-refractivity contribution < 1.29 is 23.5 Å². The zero-order valence-electron chi connectivity index (χ0n) is 15.3. The molecule has 0 radical (unpaired) electrons. The number of methoxy groups -OCH3 is 4. The Balaban J connectivity index is 2.20. The molecule has 2 aromatic carbocycles. The van der Waals surface area contributed by atoms with Crippen LogP contribution in [0.4, 0.5) is 5.69 Å². The van der Waals surface area contributed by atoms with Crippen molar-refractivity contribution in [2.45, 2.75) is 12.8 Å². The van der Waals surface area contributed by atoms with E-state index in [1.807, 2.05) is 30.3 Å². The predicted molar refractivity (Wildman–Crippen MR) is 102 cm³/mol. The average molecular weight is 380 g/mol. The van der Waals surface area contributed by atoms with Crippen molar-refractivity contribution in [3.05, 3.63) is 41.5 Å². The Labute approximate surface area is 156 Å². The van der Waals surface area contributed by atoms with Crippen LogP contribution in [0.2, 0.25) is 0 Å². The first-order valence-corrected chi connectivity index (χ1v) is 9.12. The Morgan fingerprint density at radius 1 is 0.846 bits per heavy atom. The Morgan fingerprint density at radius 3 is 1.92 bits per heavy atom. The maximum atomic E-state index is 11.3. The van der Waals surface area contributed by atoms with Crippen LogP contribution in [-0.2, 0) is 24.4 Å². The third kappa shape index (κ3) is 4.87. The van der Waals surface area contributed by atoms with Crippen LogP contribution in [0.25, 0.3) is 0 Å². The first-order valence-electron chi connectivity index (χ1n) is 7.91. The lowest BCUT2D eigenvalue weighted by molar-refractivity contribution is 0.324. The number of benzene rings is 2. The molecule has 2 aromatic rings. The highest BCUT2D eigenvalue weighted by Crippen LogP contribution is 2.38. The standard InChI is InChI=1S/C18H24N2O5S/c1-22-15-8-7-12(9-14(15)20-26(19)21)5-6-13-10-16(23-2)18(25-4)17(11-13)24-3/h7-11,20H,5-6,19H2,1-4H3. The fourth-order valence-corrected chi connectivity index (χ4v) is 3.04. The number of nitrogens with one attached hydrogen (secondary N) is 1. The molecule has 0 heterocycles. The van der Waals surface area contributed by atoms with Gasteiger partial charge in [0.15, 0.2) is 23.0 Å². The molecule has 0 saturated carbocycles. The van der Waals surface area contributed by atoms with Crippen LogP contribution in [0.15, 0.2) is 30.3 Å². The van der Waals surface area contributed by atoms with Gasteiger partial charge in [-0.05, 0) is 48.2 Å². The third-order valence-corrected chi connectivity index (χ3v) is 4.32. The normalized spacial score (nSPS) is 11.6. The molecule has 0 aliphatic rings. The van der Waals surface area contributed by atoms with E-state index < -0.39 is 11.5 Å². The summed E-state index contributed by atoms with van der Waals surface area (Å²) in [5.74, 6) is 2.40. The zero-order chi connectivity index (χ0) is 19.1. The number of hydrogen-bond acceptors (Lipinski definition) is 7. The molecule has 142 valence electrons. The van der Waals surface area contributed by atoms with E-state index in [2.05, 4.69) is 4.72 Å². The van der Waals surface area contributed by atoms with E-state index in [0.29, 0.717) is 28.7 Å². The summed E-state index contributed by atoms with van der Waals surface area (Å²) in [6.45, 7) is 0. The van der Waals surface area contributed by atoms with Gasteiger partial charge in [-0.2, -0.15) is 4.72 Å². The van der Waals surface area contributed by atoms with Crippen LogP contribution < -0.4 is 28.8 Å². The molecule has 0 aliphatic carbocycles. The summed E-state index contributed by atoms with van der Waals surface area (Å²) in [7, 11) is 6.31. The number of ether oxygens (including phenoxy) is 4. The highest BCUT2D eigenvalue weighted by molar-refractivity contribution is 7.90. The van der Waals surface area contributed by atoms with Gasteiger partial charge in [0.25, 0.3) is 0 Å². The summed E-state index contributed by atoms with van der Waals surface area (Å²) in [5, 5.41) is 5.32. The van der Waals surface area contributed by atoms with Gasteiger partial charge in [0, 0.05) is 0 Å². The van der Waals surface area contributed by atoms with Crippen LogP contribution in [-0.4, -0.2) is 33.0 Å². The van der Waals surface area contributed by atoms with Crippen LogP contribution in [0, 0.1) is 0 Å². The number of hydrogen-bond donors (Lipinski definition) is 2. The summed E-state index contributed by atoms with van der Waals surface area (Å²) >= 11 is -1.67. The molecule has 3 N–H and O–H groups in total. The van der Waals surface area contributed by atoms with Crippen LogP contribution in [0.5, 0.6) is 23.0 Å². The van der Waals surface area contributed by atoms with Gasteiger partial charge in [0.2, 0.25) is 5.75 Å². The number of anilines is 1. The second kappa shape index (κ2) is 9.42. The van der Waals surface area contributed by atoms with Gasteiger partial charge in [-0.25, -0.2) is 0 Å². The van der Waals surface area contributed by atoms with E-state index in [0.717, 1.165) is 24.0 Å². The van der Waals surface area contributed by atoms with Gasteiger partial charge in [0.1, 0.15) is 11.4 Å². The molecule has 26 heavy (non-hydrogen) atoms. The molecule has 0 spiro atoms. The van der Waals surface area contributed by atoms with Crippen molar-refractivity contribution >= 4 is 17.2 Å². The smallest absolute Gasteiger partial charge is 0.203 e. The minimum atomic E-state index is -1.67. The second-order valence-corrected chi connectivity index (χ2v) is 6.27. The molecule has 0 aromatic heterocycles. The molecule has 0 saturated heterocycles. The lowest BCUT2D eigenvalue weighted by atomic mass is 10.0. The quantitative estimate of drug-likeness (QED) is 0.645. The van der Waals surface area contributed by atoms with Crippen molar-refractivity contribution in [2.24, 2.45) is 5.14 Å². The van der Waals surface area contributed by atoms with Gasteiger partial charge in [0.05, 0.1) is 28.4 Å². The SMILES string of the molecule is COc1ccc(CCc2cc(OC)c(OC)c(OC)c2)cc1N[S+](N)[O-]. The Bertz CT molecular complexity index is 715. The van der Waals surface area contributed by atoms with E-state index in [4.69, 9.17) is 24.1 Å². The number of rotatable bonds is 9. The monoisotopic (exact) mass is 380 g/mol. The highest BCUT2D eigenvalue weighted by Gasteiger charge is 2.14. The van der Waals surface area contributed by atoms with Crippen molar-refractivity contribution in [1.29, 1.82) is 0 Å². The minimum absolute atomic E-state index is 0.570. The molecule has 0 amide bonds.